The Labute approximate surface area is 215 Å². The Bertz CT molecular complexity index is 1350. The third-order valence-corrected chi connectivity index (χ3v) is 6.51. The van der Waals surface area contributed by atoms with Crippen LogP contribution in [0.25, 0.3) is 10.9 Å². The summed E-state index contributed by atoms with van der Waals surface area (Å²) in [6.07, 6.45) is 0.590. The number of aryl methyl sites for hydroxylation is 1. The first kappa shape index (κ1) is 26.3. The van der Waals surface area contributed by atoms with Crippen molar-refractivity contribution in [1.29, 1.82) is 0 Å². The fourth-order valence-corrected chi connectivity index (χ4v) is 4.27. The summed E-state index contributed by atoms with van der Waals surface area (Å²) in [7, 11) is 1.64. The molecule has 0 bridgehead atoms. The monoisotopic (exact) mass is 540 g/mol. The van der Waals surface area contributed by atoms with E-state index in [9.17, 15) is 23.5 Å². The van der Waals surface area contributed by atoms with Crippen molar-refractivity contribution in [2.75, 3.05) is 39.3 Å². The number of halogens is 4. The number of carbonyl (C=O) groups excluding carboxylic acids is 1. The maximum absolute atomic E-state index is 13.9. The Kier molecular flexibility index (Phi) is 8.11. The number of nitrogens with zero attached hydrogens (tertiary/aromatic N) is 3. The minimum Gasteiger partial charge on any atom is -0.491 e. The number of piperazine rings is 1. The largest absolute Gasteiger partial charge is 0.491 e. The lowest BCUT2D eigenvalue weighted by atomic mass is 10.1. The molecule has 1 aliphatic heterocycles. The predicted molar refractivity (Wildman–Crippen MR) is 133 cm³/mol. The fraction of sp³-hybridized carbons (Fsp3) is 0.333. The standard InChI is InChI=1S/C24H24Cl2F2N4O4/c1-30-12-17(23(34)16-9-21(28)19(26)10-22(16)30)24(35)29-32-6-4-31(5-7-32)11-14(33)13-36-15-2-3-18(25)20(27)8-15/h2-3,8-10,12,14,33H,4-7,11,13H2,1H3,(H,29,35)/t14-/m1/s1. The zero-order valence-electron chi connectivity index (χ0n) is 19.3. The molecule has 1 aliphatic rings. The number of pyridine rings is 1. The van der Waals surface area contributed by atoms with Gasteiger partial charge in [-0.15, -0.1) is 0 Å². The minimum atomic E-state index is -0.806. The molecule has 2 N–H and O–H groups in total. The van der Waals surface area contributed by atoms with Gasteiger partial charge in [-0.05, 0) is 24.3 Å². The zero-order valence-corrected chi connectivity index (χ0v) is 20.8. The van der Waals surface area contributed by atoms with Crippen LogP contribution in [0, 0.1) is 11.6 Å². The molecular formula is C24H24Cl2F2N4O4. The van der Waals surface area contributed by atoms with E-state index in [1.54, 1.807) is 16.6 Å². The van der Waals surface area contributed by atoms with Crippen LogP contribution in [0.1, 0.15) is 10.4 Å². The number of hydrazine groups is 1. The molecule has 2 aromatic carbocycles. The number of ether oxygens (including phenoxy) is 1. The number of aromatic nitrogens is 1. The first-order valence-electron chi connectivity index (χ1n) is 11.1. The van der Waals surface area contributed by atoms with E-state index >= 15 is 0 Å². The van der Waals surface area contributed by atoms with Gasteiger partial charge in [0.15, 0.2) is 0 Å². The summed E-state index contributed by atoms with van der Waals surface area (Å²) in [4.78, 5) is 27.6. The molecule has 3 aromatic rings. The van der Waals surface area contributed by atoms with Crippen LogP contribution in [0.4, 0.5) is 8.78 Å². The zero-order chi connectivity index (χ0) is 26.0. The Balaban J connectivity index is 1.30. The maximum Gasteiger partial charge on any atom is 0.271 e. The van der Waals surface area contributed by atoms with Gasteiger partial charge in [0.05, 0.1) is 15.6 Å². The van der Waals surface area contributed by atoms with Crippen LogP contribution in [0.2, 0.25) is 10.0 Å². The number of aliphatic hydroxyl groups is 1. The van der Waals surface area contributed by atoms with Gasteiger partial charge in [-0.25, -0.2) is 13.8 Å². The molecule has 0 saturated carbocycles. The van der Waals surface area contributed by atoms with Crippen molar-refractivity contribution in [3.05, 3.63) is 74.0 Å². The number of nitrogens with one attached hydrogen (secondary N) is 1. The molecule has 12 heteroatoms. The van der Waals surface area contributed by atoms with E-state index in [-0.39, 0.29) is 33.4 Å². The molecule has 1 fully saturated rings. The van der Waals surface area contributed by atoms with E-state index in [1.807, 2.05) is 4.90 Å². The number of aliphatic hydroxyl groups excluding tert-OH is 1. The highest BCUT2D eigenvalue weighted by atomic mass is 35.5. The second-order valence-electron chi connectivity index (χ2n) is 8.54. The second kappa shape index (κ2) is 11.1. The van der Waals surface area contributed by atoms with Crippen LogP contribution in [-0.2, 0) is 7.05 Å². The number of carbonyl (C=O) groups is 1. The van der Waals surface area contributed by atoms with Gasteiger partial charge >= 0.3 is 0 Å². The molecule has 1 amide bonds. The van der Waals surface area contributed by atoms with Gasteiger partial charge < -0.3 is 14.4 Å². The summed E-state index contributed by atoms with van der Waals surface area (Å²) in [5, 5.41) is 11.9. The molecule has 1 atom stereocenters. The van der Waals surface area contributed by atoms with Gasteiger partial charge in [-0.2, -0.15) is 0 Å². The number of fused-ring (bicyclic) bond motifs is 1. The van der Waals surface area contributed by atoms with E-state index in [0.29, 0.717) is 38.2 Å². The molecule has 1 saturated heterocycles. The maximum atomic E-state index is 13.9. The molecule has 4 rings (SSSR count). The summed E-state index contributed by atoms with van der Waals surface area (Å²) < 4.78 is 34.4. The van der Waals surface area contributed by atoms with Crippen LogP contribution in [0.5, 0.6) is 5.75 Å². The van der Waals surface area contributed by atoms with Crippen molar-refractivity contribution < 1.29 is 23.4 Å². The SMILES string of the molecule is Cn1cc(C(=O)NN2CCN(C[C@@H](O)COc3ccc(Cl)c(F)c3)CC2)c(=O)c2cc(F)c(Cl)cc21. The molecule has 0 radical (unpaired) electrons. The number of hydrogen-bond donors (Lipinski definition) is 2. The van der Waals surface area contributed by atoms with Gasteiger partial charge in [0.25, 0.3) is 5.91 Å². The fourth-order valence-electron chi connectivity index (χ4n) is 3.99. The van der Waals surface area contributed by atoms with Crippen LogP contribution in [0.15, 0.2) is 41.3 Å². The van der Waals surface area contributed by atoms with E-state index in [4.69, 9.17) is 27.9 Å². The molecule has 192 valence electrons. The van der Waals surface area contributed by atoms with Gasteiger partial charge in [0, 0.05) is 57.4 Å². The molecule has 1 aromatic heterocycles. The second-order valence-corrected chi connectivity index (χ2v) is 9.35. The molecule has 8 nitrogen and oxygen atoms in total. The smallest absolute Gasteiger partial charge is 0.271 e. The Hall–Kier alpha value is -2.76. The molecule has 36 heavy (non-hydrogen) atoms. The van der Waals surface area contributed by atoms with Crippen molar-refractivity contribution in [2.24, 2.45) is 7.05 Å². The number of benzene rings is 2. The number of β-amino-alcohol motifs (C(OH)–C–C–N with tert-alkyl or cyclic N) is 1. The van der Waals surface area contributed by atoms with E-state index < -0.39 is 29.1 Å². The van der Waals surface area contributed by atoms with Crippen LogP contribution < -0.4 is 15.6 Å². The first-order valence-corrected chi connectivity index (χ1v) is 11.9. The normalized spacial score (nSPS) is 15.7. The lowest BCUT2D eigenvalue weighted by Gasteiger charge is -2.35. The highest BCUT2D eigenvalue weighted by Crippen LogP contribution is 2.22. The molecule has 0 unspecified atom stereocenters. The third kappa shape index (κ3) is 5.96. The molecule has 0 aliphatic carbocycles. The summed E-state index contributed by atoms with van der Waals surface area (Å²) in [6.45, 7) is 2.32. The Morgan fingerprint density at radius 3 is 2.50 bits per heavy atom. The quantitative estimate of drug-likeness (QED) is 0.479. The van der Waals surface area contributed by atoms with Crippen molar-refractivity contribution in [2.45, 2.75) is 6.10 Å². The summed E-state index contributed by atoms with van der Waals surface area (Å²) in [6, 6.07) is 6.45. The average Bonchev–Trinajstić information content (AvgIpc) is 2.84. The highest BCUT2D eigenvalue weighted by Gasteiger charge is 2.23. The summed E-state index contributed by atoms with van der Waals surface area (Å²) in [5.74, 6) is -1.65. The Morgan fingerprint density at radius 2 is 1.81 bits per heavy atom. The number of amides is 1. The van der Waals surface area contributed by atoms with Gasteiger partial charge in [-0.1, -0.05) is 23.2 Å². The number of rotatable bonds is 7. The Morgan fingerprint density at radius 1 is 1.11 bits per heavy atom. The van der Waals surface area contributed by atoms with Crippen molar-refractivity contribution >= 4 is 40.0 Å². The van der Waals surface area contributed by atoms with Crippen LogP contribution in [-0.4, -0.2) is 70.9 Å². The topological polar surface area (TPSA) is 87.0 Å². The van der Waals surface area contributed by atoms with E-state index in [2.05, 4.69) is 5.43 Å². The van der Waals surface area contributed by atoms with E-state index in [0.717, 1.165) is 12.1 Å². The summed E-state index contributed by atoms with van der Waals surface area (Å²) >= 11 is 11.5. The first-order chi connectivity index (χ1) is 17.1. The lowest BCUT2D eigenvalue weighted by Crippen LogP contribution is -2.55. The summed E-state index contributed by atoms with van der Waals surface area (Å²) in [5.41, 5.74) is 2.45. The highest BCUT2D eigenvalue weighted by molar-refractivity contribution is 6.31. The van der Waals surface area contributed by atoms with Gasteiger partial charge in [-0.3, -0.25) is 19.9 Å². The van der Waals surface area contributed by atoms with Crippen LogP contribution in [0.3, 0.4) is 0 Å². The average molecular weight is 541 g/mol. The van der Waals surface area contributed by atoms with Gasteiger partial charge in [0.1, 0.15) is 35.7 Å². The third-order valence-electron chi connectivity index (χ3n) is 5.91. The van der Waals surface area contributed by atoms with Crippen molar-refractivity contribution in [3.63, 3.8) is 0 Å². The van der Waals surface area contributed by atoms with Gasteiger partial charge in [0.2, 0.25) is 5.43 Å². The van der Waals surface area contributed by atoms with E-state index in [1.165, 1.54) is 24.4 Å². The van der Waals surface area contributed by atoms with Crippen molar-refractivity contribution in [3.8, 4) is 5.75 Å². The minimum absolute atomic E-state index is 0.00680. The predicted octanol–water partition coefficient (Wildman–Crippen LogP) is 2.83. The molecular weight excluding hydrogens is 517 g/mol. The molecule has 2 heterocycles. The molecule has 0 spiro atoms. The lowest BCUT2D eigenvalue weighted by molar-refractivity contribution is 0.0316. The van der Waals surface area contributed by atoms with Crippen LogP contribution >= 0.6 is 23.2 Å². The number of hydrogen-bond acceptors (Lipinski definition) is 6. The van der Waals surface area contributed by atoms with Crippen molar-refractivity contribution in [1.82, 2.24) is 19.9 Å².